The SMILES string of the molecule is CCC1CN(C(=NC)NCC(C(C)C)N2CCOCC2)CCS1. The summed E-state index contributed by atoms with van der Waals surface area (Å²) in [7, 11) is 1.91. The maximum Gasteiger partial charge on any atom is 0.193 e. The van der Waals surface area contributed by atoms with Crippen LogP contribution in [0, 0.1) is 5.92 Å². The maximum absolute atomic E-state index is 5.50. The highest BCUT2D eigenvalue weighted by Gasteiger charge is 2.26. The number of hydrogen-bond acceptors (Lipinski definition) is 4. The van der Waals surface area contributed by atoms with Gasteiger partial charge in [-0.05, 0) is 12.3 Å². The van der Waals surface area contributed by atoms with Gasteiger partial charge < -0.3 is 15.0 Å². The van der Waals surface area contributed by atoms with Crippen LogP contribution in [-0.2, 0) is 4.74 Å². The Labute approximate surface area is 146 Å². The number of ether oxygens (including phenoxy) is 1. The molecule has 5 nitrogen and oxygen atoms in total. The fourth-order valence-electron chi connectivity index (χ4n) is 3.38. The first-order valence-electron chi connectivity index (χ1n) is 9.04. The Hall–Kier alpha value is -0.460. The summed E-state index contributed by atoms with van der Waals surface area (Å²) in [5.41, 5.74) is 0. The van der Waals surface area contributed by atoms with Gasteiger partial charge in [0.05, 0.1) is 13.2 Å². The van der Waals surface area contributed by atoms with Gasteiger partial charge in [0.1, 0.15) is 0 Å². The number of guanidine groups is 1. The second-order valence-electron chi connectivity index (χ2n) is 6.73. The number of thioether (sulfide) groups is 1. The van der Waals surface area contributed by atoms with Crippen LogP contribution in [0.25, 0.3) is 0 Å². The lowest BCUT2D eigenvalue weighted by Crippen LogP contribution is -2.54. The van der Waals surface area contributed by atoms with E-state index in [1.165, 1.54) is 12.2 Å². The topological polar surface area (TPSA) is 40.1 Å². The van der Waals surface area contributed by atoms with Gasteiger partial charge in [0.2, 0.25) is 0 Å². The Morgan fingerprint density at radius 2 is 2.04 bits per heavy atom. The Morgan fingerprint density at radius 3 is 2.65 bits per heavy atom. The minimum atomic E-state index is 0.539. The van der Waals surface area contributed by atoms with Gasteiger partial charge in [0.25, 0.3) is 0 Å². The summed E-state index contributed by atoms with van der Waals surface area (Å²) in [6.45, 7) is 13.9. The fourth-order valence-corrected chi connectivity index (χ4v) is 4.56. The number of rotatable bonds is 5. The van der Waals surface area contributed by atoms with Crippen LogP contribution in [0.1, 0.15) is 27.2 Å². The molecule has 2 aliphatic rings. The van der Waals surface area contributed by atoms with E-state index in [1.54, 1.807) is 0 Å². The highest BCUT2D eigenvalue weighted by Crippen LogP contribution is 2.21. The molecule has 23 heavy (non-hydrogen) atoms. The first-order valence-corrected chi connectivity index (χ1v) is 10.1. The average Bonchev–Trinajstić information content (AvgIpc) is 2.59. The van der Waals surface area contributed by atoms with Gasteiger partial charge in [-0.15, -0.1) is 0 Å². The Kier molecular flexibility index (Phi) is 7.99. The lowest BCUT2D eigenvalue weighted by atomic mass is 10.0. The van der Waals surface area contributed by atoms with Crippen molar-refractivity contribution in [2.24, 2.45) is 10.9 Å². The lowest BCUT2D eigenvalue weighted by molar-refractivity contribution is 0.00740. The van der Waals surface area contributed by atoms with Gasteiger partial charge in [0.15, 0.2) is 5.96 Å². The molecule has 0 aromatic heterocycles. The van der Waals surface area contributed by atoms with E-state index in [2.05, 4.69) is 52.6 Å². The number of nitrogens with one attached hydrogen (secondary N) is 1. The normalized spacial score (nSPS) is 25.7. The third-order valence-electron chi connectivity index (χ3n) is 4.86. The Morgan fingerprint density at radius 1 is 1.30 bits per heavy atom. The summed E-state index contributed by atoms with van der Waals surface area (Å²) in [5.74, 6) is 2.90. The van der Waals surface area contributed by atoms with Gasteiger partial charge in [0, 0.05) is 56.8 Å². The van der Waals surface area contributed by atoms with Gasteiger partial charge in [-0.1, -0.05) is 20.8 Å². The highest BCUT2D eigenvalue weighted by molar-refractivity contribution is 8.00. The lowest BCUT2D eigenvalue weighted by Gasteiger charge is -2.39. The zero-order valence-electron chi connectivity index (χ0n) is 15.3. The molecule has 0 aromatic rings. The highest BCUT2D eigenvalue weighted by atomic mass is 32.2. The van der Waals surface area contributed by atoms with E-state index >= 15 is 0 Å². The molecular weight excluding hydrogens is 308 g/mol. The molecule has 2 fully saturated rings. The summed E-state index contributed by atoms with van der Waals surface area (Å²) in [4.78, 5) is 9.53. The summed E-state index contributed by atoms with van der Waals surface area (Å²) in [6.07, 6.45) is 1.24. The molecule has 1 N–H and O–H groups in total. The monoisotopic (exact) mass is 342 g/mol. The third-order valence-corrected chi connectivity index (χ3v) is 6.23. The van der Waals surface area contributed by atoms with Crippen molar-refractivity contribution in [3.63, 3.8) is 0 Å². The molecule has 2 rings (SSSR count). The van der Waals surface area contributed by atoms with Gasteiger partial charge in [-0.25, -0.2) is 0 Å². The predicted molar refractivity (Wildman–Crippen MR) is 100 cm³/mol. The molecule has 0 amide bonds. The molecule has 0 bridgehead atoms. The van der Waals surface area contributed by atoms with Gasteiger partial charge in [-0.2, -0.15) is 11.8 Å². The zero-order chi connectivity index (χ0) is 16.7. The predicted octanol–water partition coefficient (Wildman–Crippen LogP) is 1.75. The molecule has 2 heterocycles. The number of aliphatic imine (C=N–C) groups is 1. The number of nitrogens with zero attached hydrogens (tertiary/aromatic N) is 3. The zero-order valence-corrected chi connectivity index (χ0v) is 16.1. The summed E-state index contributed by atoms with van der Waals surface area (Å²) >= 11 is 2.10. The quantitative estimate of drug-likeness (QED) is 0.609. The van der Waals surface area contributed by atoms with Crippen LogP contribution in [-0.4, -0.2) is 85.8 Å². The summed E-state index contributed by atoms with van der Waals surface area (Å²) in [6, 6.07) is 0.539. The molecule has 2 unspecified atom stereocenters. The van der Waals surface area contributed by atoms with E-state index in [9.17, 15) is 0 Å². The molecule has 134 valence electrons. The van der Waals surface area contributed by atoms with Crippen LogP contribution in [0.3, 0.4) is 0 Å². The van der Waals surface area contributed by atoms with E-state index in [-0.39, 0.29) is 0 Å². The number of hydrogen-bond donors (Lipinski definition) is 1. The van der Waals surface area contributed by atoms with E-state index in [1.807, 2.05) is 7.05 Å². The fraction of sp³-hybridized carbons (Fsp3) is 0.941. The van der Waals surface area contributed by atoms with E-state index < -0.39 is 0 Å². The molecule has 0 radical (unpaired) electrons. The second-order valence-corrected chi connectivity index (χ2v) is 8.14. The molecule has 0 saturated carbocycles. The Bertz CT molecular complexity index is 372. The maximum atomic E-state index is 5.50. The smallest absolute Gasteiger partial charge is 0.193 e. The summed E-state index contributed by atoms with van der Waals surface area (Å²) in [5, 5.41) is 4.39. The van der Waals surface area contributed by atoms with Crippen LogP contribution in [0.4, 0.5) is 0 Å². The molecule has 2 saturated heterocycles. The molecule has 6 heteroatoms. The number of morpholine rings is 1. The van der Waals surface area contributed by atoms with Crippen LogP contribution in [0.15, 0.2) is 4.99 Å². The molecule has 0 aliphatic carbocycles. The molecule has 0 aromatic carbocycles. The van der Waals surface area contributed by atoms with Crippen molar-refractivity contribution in [3.05, 3.63) is 0 Å². The van der Waals surface area contributed by atoms with Crippen LogP contribution >= 0.6 is 11.8 Å². The summed E-state index contributed by atoms with van der Waals surface area (Å²) < 4.78 is 5.50. The van der Waals surface area contributed by atoms with Crippen molar-refractivity contribution in [2.75, 3.05) is 58.7 Å². The van der Waals surface area contributed by atoms with Crippen molar-refractivity contribution in [3.8, 4) is 0 Å². The third kappa shape index (κ3) is 5.54. The molecule has 0 spiro atoms. The minimum absolute atomic E-state index is 0.539. The molecule has 2 aliphatic heterocycles. The average molecular weight is 343 g/mol. The van der Waals surface area contributed by atoms with Gasteiger partial charge >= 0.3 is 0 Å². The van der Waals surface area contributed by atoms with E-state index in [4.69, 9.17) is 4.74 Å². The first-order chi connectivity index (χ1) is 11.2. The minimum Gasteiger partial charge on any atom is -0.379 e. The van der Waals surface area contributed by atoms with Crippen molar-refractivity contribution >= 4 is 17.7 Å². The van der Waals surface area contributed by atoms with Crippen LogP contribution < -0.4 is 5.32 Å². The molecular formula is C17H34N4OS. The Balaban J connectivity index is 1.89. The largest absolute Gasteiger partial charge is 0.379 e. The van der Waals surface area contributed by atoms with Crippen LogP contribution in [0.2, 0.25) is 0 Å². The van der Waals surface area contributed by atoms with E-state index in [0.29, 0.717) is 12.0 Å². The molecule has 2 atom stereocenters. The van der Waals surface area contributed by atoms with E-state index in [0.717, 1.165) is 57.1 Å². The van der Waals surface area contributed by atoms with Crippen LogP contribution in [0.5, 0.6) is 0 Å². The second kappa shape index (κ2) is 9.74. The van der Waals surface area contributed by atoms with Gasteiger partial charge in [-0.3, -0.25) is 9.89 Å². The van der Waals surface area contributed by atoms with Crippen molar-refractivity contribution in [1.29, 1.82) is 0 Å². The standard InChI is InChI=1S/C17H34N4OS/c1-5-15-13-21(8-11-23-15)17(18-4)19-12-16(14(2)3)20-6-9-22-10-7-20/h14-16H,5-13H2,1-4H3,(H,18,19). The first kappa shape index (κ1) is 18.9. The van der Waals surface area contributed by atoms with Crippen molar-refractivity contribution in [1.82, 2.24) is 15.1 Å². The van der Waals surface area contributed by atoms with Crippen molar-refractivity contribution < 1.29 is 4.74 Å². The van der Waals surface area contributed by atoms with Crippen molar-refractivity contribution in [2.45, 2.75) is 38.5 Å².